The third-order valence-corrected chi connectivity index (χ3v) is 4.20. The first-order valence-electron chi connectivity index (χ1n) is 5.89. The highest BCUT2D eigenvalue weighted by Gasteiger charge is 2.23. The van der Waals surface area contributed by atoms with Crippen LogP contribution in [0.5, 0.6) is 0 Å². The second kappa shape index (κ2) is 5.05. The molecule has 18 heavy (non-hydrogen) atoms. The number of halogens is 2. The molecule has 1 aliphatic rings. The molecule has 0 radical (unpaired) electrons. The molecule has 1 aliphatic carbocycles. The van der Waals surface area contributed by atoms with E-state index in [4.69, 9.17) is 11.6 Å². The van der Waals surface area contributed by atoms with Gasteiger partial charge in [0.1, 0.15) is 0 Å². The first kappa shape index (κ1) is 12.2. The van der Waals surface area contributed by atoms with E-state index >= 15 is 0 Å². The number of hydrogen-bond acceptors (Lipinski definition) is 2. The Hall–Kier alpha value is -0.810. The number of fused-ring (bicyclic) bond motifs is 1. The first-order chi connectivity index (χ1) is 8.74. The normalized spacial score (nSPS) is 17.6. The van der Waals surface area contributed by atoms with Crippen molar-refractivity contribution in [2.24, 2.45) is 0 Å². The Morgan fingerprint density at radius 3 is 3.06 bits per heavy atom. The summed E-state index contributed by atoms with van der Waals surface area (Å²) in [6.45, 7) is 0. The topological polar surface area (TPSA) is 24.9 Å². The number of pyridine rings is 1. The van der Waals surface area contributed by atoms with Crippen LogP contribution in [0.1, 0.15) is 23.7 Å². The van der Waals surface area contributed by atoms with Gasteiger partial charge in [-0.05, 0) is 65.3 Å². The monoisotopic (exact) mass is 370 g/mol. The molecular weight excluding hydrogens is 359 g/mol. The fourth-order valence-corrected chi connectivity index (χ4v) is 3.26. The van der Waals surface area contributed by atoms with Crippen LogP contribution in [0, 0.1) is 3.57 Å². The van der Waals surface area contributed by atoms with E-state index in [-0.39, 0.29) is 6.04 Å². The third kappa shape index (κ3) is 2.34. The molecule has 0 bridgehead atoms. The summed E-state index contributed by atoms with van der Waals surface area (Å²) >= 11 is 8.51. The van der Waals surface area contributed by atoms with Crippen LogP contribution in [0.4, 0.5) is 5.69 Å². The molecule has 1 heterocycles. The average Bonchev–Trinajstić information content (AvgIpc) is 2.76. The summed E-state index contributed by atoms with van der Waals surface area (Å²) in [5, 5.41) is 4.26. The Balaban J connectivity index is 1.86. The Labute approximate surface area is 125 Å². The van der Waals surface area contributed by atoms with Gasteiger partial charge in [0.05, 0.1) is 22.4 Å². The van der Waals surface area contributed by atoms with Crippen molar-refractivity contribution in [1.29, 1.82) is 0 Å². The molecule has 0 saturated heterocycles. The van der Waals surface area contributed by atoms with Crippen LogP contribution in [0.15, 0.2) is 36.5 Å². The lowest BCUT2D eigenvalue weighted by Crippen LogP contribution is -2.08. The van der Waals surface area contributed by atoms with Gasteiger partial charge in [-0.15, -0.1) is 0 Å². The number of anilines is 1. The molecule has 2 aromatic rings. The molecule has 0 spiro atoms. The number of rotatable bonds is 2. The van der Waals surface area contributed by atoms with Crippen LogP contribution in [0.25, 0.3) is 0 Å². The minimum Gasteiger partial charge on any atom is -0.375 e. The predicted molar refractivity (Wildman–Crippen MR) is 83.1 cm³/mol. The molecule has 92 valence electrons. The lowest BCUT2D eigenvalue weighted by atomic mass is 10.2. The molecule has 1 aromatic heterocycles. The average molecular weight is 371 g/mol. The van der Waals surface area contributed by atoms with Gasteiger partial charge >= 0.3 is 0 Å². The number of nitrogens with zero attached hydrogens (tertiary/aromatic N) is 1. The lowest BCUT2D eigenvalue weighted by Gasteiger charge is -2.15. The van der Waals surface area contributed by atoms with Crippen LogP contribution in [-0.2, 0) is 6.42 Å². The second-order valence-corrected chi connectivity index (χ2v) is 6.06. The lowest BCUT2D eigenvalue weighted by molar-refractivity contribution is 0.746. The van der Waals surface area contributed by atoms with Gasteiger partial charge in [0.25, 0.3) is 0 Å². The maximum atomic E-state index is 6.25. The molecule has 1 atom stereocenters. The van der Waals surface area contributed by atoms with Gasteiger partial charge in [0, 0.05) is 9.77 Å². The maximum absolute atomic E-state index is 6.25. The highest BCUT2D eigenvalue weighted by Crippen LogP contribution is 2.34. The Morgan fingerprint density at radius 2 is 2.22 bits per heavy atom. The SMILES string of the molecule is Clc1cc(I)ccc1NC1CCc2cccnc21. The minimum absolute atomic E-state index is 0.277. The zero-order valence-corrected chi connectivity index (χ0v) is 12.6. The minimum atomic E-state index is 0.277. The van der Waals surface area contributed by atoms with Crippen LogP contribution >= 0.6 is 34.2 Å². The molecule has 1 unspecified atom stereocenters. The number of hydrogen-bond donors (Lipinski definition) is 1. The van der Waals surface area contributed by atoms with Crippen LogP contribution in [0.2, 0.25) is 5.02 Å². The molecule has 0 fully saturated rings. The van der Waals surface area contributed by atoms with Crippen molar-refractivity contribution in [3.05, 3.63) is 56.4 Å². The van der Waals surface area contributed by atoms with E-state index in [1.807, 2.05) is 24.4 Å². The summed E-state index contributed by atoms with van der Waals surface area (Å²) < 4.78 is 1.15. The van der Waals surface area contributed by atoms with Crippen LogP contribution < -0.4 is 5.32 Å². The fraction of sp³-hybridized carbons (Fsp3) is 0.214. The third-order valence-electron chi connectivity index (χ3n) is 3.22. The Bertz CT molecular complexity index is 586. The fourth-order valence-electron chi connectivity index (χ4n) is 2.35. The highest BCUT2D eigenvalue weighted by molar-refractivity contribution is 14.1. The number of benzene rings is 1. The standard InChI is InChI=1S/C14H12ClIN2/c15-11-8-10(16)4-6-12(11)18-13-5-3-9-2-1-7-17-14(9)13/h1-2,4,6-8,13,18H,3,5H2. The predicted octanol–water partition coefficient (Wildman–Crippen LogP) is 4.44. The molecular formula is C14H12ClIN2. The van der Waals surface area contributed by atoms with E-state index in [9.17, 15) is 0 Å². The first-order valence-corrected chi connectivity index (χ1v) is 7.35. The van der Waals surface area contributed by atoms with Gasteiger partial charge in [-0.1, -0.05) is 17.7 Å². The van der Waals surface area contributed by atoms with Crippen molar-refractivity contribution >= 4 is 39.9 Å². The van der Waals surface area contributed by atoms with Crippen LogP contribution in [0.3, 0.4) is 0 Å². The zero-order valence-electron chi connectivity index (χ0n) is 9.66. The van der Waals surface area contributed by atoms with E-state index < -0.39 is 0 Å². The smallest absolute Gasteiger partial charge is 0.0691 e. The molecule has 1 N–H and O–H groups in total. The number of aromatic nitrogens is 1. The second-order valence-electron chi connectivity index (χ2n) is 4.41. The van der Waals surface area contributed by atoms with Gasteiger partial charge in [0.15, 0.2) is 0 Å². The summed E-state index contributed by atoms with van der Waals surface area (Å²) in [5.41, 5.74) is 3.49. The summed E-state index contributed by atoms with van der Waals surface area (Å²) in [7, 11) is 0. The van der Waals surface area contributed by atoms with Gasteiger partial charge in [-0.3, -0.25) is 4.98 Å². The number of aryl methyl sites for hydroxylation is 1. The Kier molecular flexibility index (Phi) is 3.43. The van der Waals surface area contributed by atoms with E-state index in [2.05, 4.69) is 45.0 Å². The highest BCUT2D eigenvalue weighted by atomic mass is 127. The summed E-state index contributed by atoms with van der Waals surface area (Å²) in [6.07, 6.45) is 4.02. The van der Waals surface area contributed by atoms with E-state index in [0.29, 0.717) is 0 Å². The summed E-state index contributed by atoms with van der Waals surface area (Å²) in [4.78, 5) is 4.48. The number of nitrogens with one attached hydrogen (secondary N) is 1. The summed E-state index contributed by atoms with van der Waals surface area (Å²) in [5.74, 6) is 0. The zero-order chi connectivity index (χ0) is 12.5. The van der Waals surface area contributed by atoms with Crippen molar-refractivity contribution in [3.8, 4) is 0 Å². The molecule has 1 aromatic carbocycles. The van der Waals surface area contributed by atoms with Gasteiger partial charge in [-0.2, -0.15) is 0 Å². The van der Waals surface area contributed by atoms with E-state index in [1.165, 1.54) is 5.56 Å². The van der Waals surface area contributed by atoms with E-state index in [0.717, 1.165) is 32.8 Å². The van der Waals surface area contributed by atoms with Crippen molar-refractivity contribution < 1.29 is 0 Å². The molecule has 0 aliphatic heterocycles. The van der Waals surface area contributed by atoms with E-state index in [1.54, 1.807) is 0 Å². The molecule has 0 amide bonds. The quantitative estimate of drug-likeness (QED) is 0.791. The molecule has 3 rings (SSSR count). The summed E-state index contributed by atoms with van der Waals surface area (Å²) in [6, 6.07) is 10.5. The van der Waals surface area contributed by atoms with Crippen molar-refractivity contribution in [1.82, 2.24) is 4.98 Å². The molecule has 0 saturated carbocycles. The van der Waals surface area contributed by atoms with Gasteiger partial charge < -0.3 is 5.32 Å². The van der Waals surface area contributed by atoms with Crippen molar-refractivity contribution in [2.75, 3.05) is 5.32 Å². The van der Waals surface area contributed by atoms with Crippen molar-refractivity contribution in [2.45, 2.75) is 18.9 Å². The van der Waals surface area contributed by atoms with Crippen molar-refractivity contribution in [3.63, 3.8) is 0 Å². The maximum Gasteiger partial charge on any atom is 0.0691 e. The van der Waals surface area contributed by atoms with Crippen LogP contribution in [-0.4, -0.2) is 4.98 Å². The largest absolute Gasteiger partial charge is 0.375 e. The van der Waals surface area contributed by atoms with Gasteiger partial charge in [0.2, 0.25) is 0 Å². The Morgan fingerprint density at radius 1 is 1.33 bits per heavy atom. The molecule has 2 nitrogen and oxygen atoms in total. The van der Waals surface area contributed by atoms with Gasteiger partial charge in [-0.25, -0.2) is 0 Å². The molecule has 4 heteroatoms.